The second-order valence-corrected chi connectivity index (χ2v) is 9.25. The zero-order chi connectivity index (χ0) is 23.1. The Morgan fingerprint density at radius 1 is 1.00 bits per heavy atom. The molecule has 0 amide bonds. The number of hydrogen-bond donors (Lipinski definition) is 0. The zero-order valence-electron chi connectivity index (χ0n) is 19.5. The first-order chi connectivity index (χ1) is 15.9. The molecular formula is C29H29FN2O. The van der Waals surface area contributed by atoms with Gasteiger partial charge < -0.3 is 9.64 Å². The predicted octanol–water partition coefficient (Wildman–Crippen LogP) is 6.65. The van der Waals surface area contributed by atoms with Gasteiger partial charge >= 0.3 is 0 Å². The van der Waals surface area contributed by atoms with Crippen LogP contribution in [0.25, 0.3) is 22.0 Å². The fourth-order valence-corrected chi connectivity index (χ4v) is 5.18. The highest BCUT2D eigenvalue weighted by Gasteiger charge is 2.36. The van der Waals surface area contributed by atoms with Gasteiger partial charge in [-0.3, -0.25) is 4.98 Å². The maximum Gasteiger partial charge on any atom is 0.123 e. The van der Waals surface area contributed by atoms with Crippen LogP contribution in [0.3, 0.4) is 0 Å². The van der Waals surface area contributed by atoms with E-state index in [9.17, 15) is 4.39 Å². The van der Waals surface area contributed by atoms with E-state index in [4.69, 9.17) is 9.72 Å². The van der Waals surface area contributed by atoms with Crippen LogP contribution in [0, 0.1) is 12.7 Å². The van der Waals surface area contributed by atoms with Gasteiger partial charge in [0, 0.05) is 22.7 Å². The number of aryl methyl sites for hydroxylation is 1. The van der Waals surface area contributed by atoms with Gasteiger partial charge in [-0.05, 0) is 79.5 Å². The Balaban J connectivity index is 1.49. The van der Waals surface area contributed by atoms with Crippen molar-refractivity contribution in [3.63, 3.8) is 0 Å². The Labute approximate surface area is 194 Å². The van der Waals surface area contributed by atoms with Crippen LogP contribution in [0.4, 0.5) is 4.39 Å². The minimum Gasteiger partial charge on any atom is -0.367 e. The van der Waals surface area contributed by atoms with Gasteiger partial charge in [-0.25, -0.2) is 4.39 Å². The van der Waals surface area contributed by atoms with Crippen molar-refractivity contribution in [1.82, 2.24) is 9.88 Å². The molecule has 1 aliphatic heterocycles. The van der Waals surface area contributed by atoms with Crippen molar-refractivity contribution < 1.29 is 9.13 Å². The molecule has 4 heteroatoms. The Kier molecular flexibility index (Phi) is 5.73. The SMILES string of the molecule is Cc1nc2ccccc2cc1-c1ccc2c(c1)COC2C(C(C)c1ccc(F)cc1)N(C)C. The number of nitrogens with zero attached hydrogens (tertiary/aromatic N) is 2. The Bertz CT molecular complexity index is 1300. The maximum atomic E-state index is 13.5. The van der Waals surface area contributed by atoms with E-state index in [0.717, 1.165) is 27.7 Å². The van der Waals surface area contributed by atoms with Crippen LogP contribution in [0.2, 0.25) is 0 Å². The van der Waals surface area contributed by atoms with E-state index in [1.54, 1.807) is 0 Å². The number of rotatable bonds is 5. The van der Waals surface area contributed by atoms with Crippen molar-refractivity contribution in [3.8, 4) is 11.1 Å². The molecule has 5 rings (SSSR count). The first-order valence-electron chi connectivity index (χ1n) is 11.5. The summed E-state index contributed by atoms with van der Waals surface area (Å²) in [4.78, 5) is 7.03. The number of likely N-dealkylation sites (N-methyl/N-ethyl adjacent to an activating group) is 1. The lowest BCUT2D eigenvalue weighted by Crippen LogP contribution is -2.38. The van der Waals surface area contributed by atoms with E-state index in [1.807, 2.05) is 24.3 Å². The quantitative estimate of drug-likeness (QED) is 0.347. The first-order valence-corrected chi connectivity index (χ1v) is 11.5. The molecule has 0 radical (unpaired) electrons. The highest BCUT2D eigenvalue weighted by atomic mass is 19.1. The molecule has 0 saturated carbocycles. The van der Waals surface area contributed by atoms with Gasteiger partial charge in [0.1, 0.15) is 5.82 Å². The highest BCUT2D eigenvalue weighted by Crippen LogP contribution is 2.41. The lowest BCUT2D eigenvalue weighted by atomic mass is 9.85. The van der Waals surface area contributed by atoms with Gasteiger partial charge in [-0.2, -0.15) is 0 Å². The van der Waals surface area contributed by atoms with Crippen LogP contribution >= 0.6 is 0 Å². The van der Waals surface area contributed by atoms with Crippen LogP contribution in [-0.4, -0.2) is 30.0 Å². The van der Waals surface area contributed by atoms with Crippen molar-refractivity contribution in [2.24, 2.45) is 0 Å². The second kappa shape index (κ2) is 8.69. The van der Waals surface area contributed by atoms with E-state index >= 15 is 0 Å². The van der Waals surface area contributed by atoms with Crippen molar-refractivity contribution in [1.29, 1.82) is 0 Å². The van der Waals surface area contributed by atoms with E-state index in [1.165, 1.54) is 28.8 Å². The van der Waals surface area contributed by atoms with Gasteiger partial charge in [0.05, 0.1) is 18.2 Å². The topological polar surface area (TPSA) is 25.4 Å². The Morgan fingerprint density at radius 2 is 1.76 bits per heavy atom. The Morgan fingerprint density at radius 3 is 2.52 bits per heavy atom. The number of ether oxygens (including phenoxy) is 1. The molecule has 0 saturated heterocycles. The van der Waals surface area contributed by atoms with Gasteiger partial charge in [0.2, 0.25) is 0 Å². The summed E-state index contributed by atoms with van der Waals surface area (Å²) in [5, 5.41) is 1.15. The third-order valence-corrected chi connectivity index (χ3v) is 6.91. The van der Waals surface area contributed by atoms with E-state index in [0.29, 0.717) is 6.61 Å². The Hall–Kier alpha value is -3.08. The van der Waals surface area contributed by atoms with Gasteiger partial charge in [-0.1, -0.05) is 49.4 Å². The normalized spacial score (nSPS) is 17.3. The molecule has 1 aromatic heterocycles. The third-order valence-electron chi connectivity index (χ3n) is 6.91. The molecule has 0 N–H and O–H groups in total. The average Bonchev–Trinajstić information content (AvgIpc) is 3.21. The van der Waals surface area contributed by atoms with E-state index in [2.05, 4.69) is 69.2 Å². The van der Waals surface area contributed by atoms with Gasteiger partial charge in [0.15, 0.2) is 0 Å². The average molecular weight is 441 g/mol. The van der Waals surface area contributed by atoms with Crippen molar-refractivity contribution in [3.05, 3.63) is 101 Å². The van der Waals surface area contributed by atoms with Gasteiger partial charge in [-0.15, -0.1) is 0 Å². The number of pyridine rings is 1. The van der Waals surface area contributed by atoms with Crippen LogP contribution in [0.15, 0.2) is 72.8 Å². The minimum atomic E-state index is -0.208. The summed E-state index contributed by atoms with van der Waals surface area (Å²) < 4.78 is 19.8. The fourth-order valence-electron chi connectivity index (χ4n) is 5.18. The third kappa shape index (κ3) is 4.05. The van der Waals surface area contributed by atoms with Crippen LogP contribution in [-0.2, 0) is 11.3 Å². The van der Waals surface area contributed by atoms with Crippen molar-refractivity contribution >= 4 is 10.9 Å². The summed E-state index contributed by atoms with van der Waals surface area (Å²) in [5.74, 6) is -0.0241. The minimum absolute atomic E-state index is 0.0417. The fraction of sp³-hybridized carbons (Fsp3) is 0.276. The summed E-state index contributed by atoms with van der Waals surface area (Å²) in [6.45, 7) is 4.85. The molecular weight excluding hydrogens is 411 g/mol. The van der Waals surface area contributed by atoms with Crippen LogP contribution in [0.1, 0.15) is 41.3 Å². The maximum absolute atomic E-state index is 13.5. The number of benzene rings is 3. The zero-order valence-corrected chi connectivity index (χ0v) is 19.5. The molecule has 0 spiro atoms. The predicted molar refractivity (Wildman–Crippen MR) is 132 cm³/mol. The molecule has 33 heavy (non-hydrogen) atoms. The number of para-hydroxylation sites is 1. The highest BCUT2D eigenvalue weighted by molar-refractivity contribution is 5.85. The summed E-state index contributed by atoms with van der Waals surface area (Å²) in [5.41, 5.74) is 7.94. The van der Waals surface area contributed by atoms with E-state index in [-0.39, 0.29) is 23.9 Å². The lowest BCUT2D eigenvalue weighted by Gasteiger charge is -2.35. The molecule has 0 bridgehead atoms. The van der Waals surface area contributed by atoms with Crippen LogP contribution in [0.5, 0.6) is 0 Å². The molecule has 0 fully saturated rings. The molecule has 2 heterocycles. The summed E-state index contributed by atoms with van der Waals surface area (Å²) in [7, 11) is 4.18. The number of halogens is 1. The van der Waals surface area contributed by atoms with E-state index < -0.39 is 0 Å². The molecule has 3 unspecified atom stereocenters. The number of aromatic nitrogens is 1. The van der Waals surface area contributed by atoms with Crippen molar-refractivity contribution in [2.45, 2.75) is 38.5 Å². The monoisotopic (exact) mass is 440 g/mol. The summed E-state index contributed by atoms with van der Waals surface area (Å²) in [6, 6.07) is 24.1. The largest absolute Gasteiger partial charge is 0.367 e. The number of fused-ring (bicyclic) bond motifs is 2. The summed E-state index contributed by atoms with van der Waals surface area (Å²) >= 11 is 0. The molecule has 1 aliphatic rings. The smallest absolute Gasteiger partial charge is 0.123 e. The summed E-state index contributed by atoms with van der Waals surface area (Å²) in [6.07, 6.45) is -0.0417. The molecule has 3 atom stereocenters. The molecule has 3 nitrogen and oxygen atoms in total. The molecule has 4 aromatic rings. The molecule has 3 aromatic carbocycles. The number of hydrogen-bond acceptors (Lipinski definition) is 3. The standard InChI is InChI=1S/C29H29FN2O/c1-18(20-9-12-24(30)13-10-20)28(32(3)4)29-25-14-11-21(15-23(25)17-33-29)26-16-22-7-5-6-8-27(22)31-19(26)2/h5-16,18,28-29H,17H2,1-4H3. The molecule has 168 valence electrons. The van der Waals surface area contributed by atoms with Crippen molar-refractivity contribution in [2.75, 3.05) is 14.1 Å². The lowest BCUT2D eigenvalue weighted by molar-refractivity contribution is -0.0000191. The first kappa shape index (κ1) is 21.7. The van der Waals surface area contributed by atoms with Crippen LogP contribution < -0.4 is 0 Å². The molecule has 0 aliphatic carbocycles. The second-order valence-electron chi connectivity index (χ2n) is 9.25. The van der Waals surface area contributed by atoms with Gasteiger partial charge in [0.25, 0.3) is 0 Å².